The van der Waals surface area contributed by atoms with E-state index in [1.165, 1.54) is 5.56 Å². The molecule has 1 heterocycles. The molecule has 1 N–H and O–H groups in total. The van der Waals surface area contributed by atoms with Crippen LogP contribution >= 0.6 is 11.6 Å². The number of rotatable bonds is 9. The SMILES string of the molecule is CCc1nc(-c2ccc(OC)cc2Cl)c(CC)nc1N[C@@H]1c2ccccc2C[C@@H]1OC(=O)CN(C)C. The first-order chi connectivity index (χ1) is 17.3. The Balaban J connectivity index is 1.70. The summed E-state index contributed by atoms with van der Waals surface area (Å²) in [6, 6.07) is 13.6. The van der Waals surface area contributed by atoms with Crippen LogP contribution in [0.4, 0.5) is 5.82 Å². The summed E-state index contributed by atoms with van der Waals surface area (Å²) in [5.41, 5.74) is 5.55. The van der Waals surface area contributed by atoms with Crippen molar-refractivity contribution < 1.29 is 14.3 Å². The average Bonchev–Trinajstić information content (AvgIpc) is 3.19. The molecule has 0 unspecified atom stereocenters. The minimum Gasteiger partial charge on any atom is -0.497 e. The fourth-order valence-corrected chi connectivity index (χ4v) is 4.85. The van der Waals surface area contributed by atoms with Crippen LogP contribution < -0.4 is 10.1 Å². The Morgan fingerprint density at radius 3 is 2.53 bits per heavy atom. The van der Waals surface area contributed by atoms with Gasteiger partial charge in [0.1, 0.15) is 17.7 Å². The zero-order chi connectivity index (χ0) is 25.8. The van der Waals surface area contributed by atoms with Crippen LogP contribution in [0.25, 0.3) is 11.3 Å². The zero-order valence-corrected chi connectivity index (χ0v) is 22.2. The molecule has 3 aromatic rings. The van der Waals surface area contributed by atoms with Gasteiger partial charge in [0.2, 0.25) is 0 Å². The fraction of sp³-hybridized carbons (Fsp3) is 0.393. The molecule has 1 aromatic heterocycles. The quantitative estimate of drug-likeness (QED) is 0.402. The van der Waals surface area contributed by atoms with Gasteiger partial charge >= 0.3 is 5.97 Å². The van der Waals surface area contributed by atoms with Crippen LogP contribution in [-0.4, -0.2) is 54.7 Å². The number of methoxy groups -OCH3 is 1. The van der Waals surface area contributed by atoms with Crippen molar-refractivity contribution >= 4 is 23.4 Å². The zero-order valence-electron chi connectivity index (χ0n) is 21.5. The molecule has 0 saturated heterocycles. The van der Waals surface area contributed by atoms with E-state index in [9.17, 15) is 4.79 Å². The predicted octanol–water partition coefficient (Wildman–Crippen LogP) is 5.11. The fourth-order valence-electron chi connectivity index (χ4n) is 4.59. The summed E-state index contributed by atoms with van der Waals surface area (Å²) in [5, 5.41) is 4.16. The van der Waals surface area contributed by atoms with Crippen molar-refractivity contribution in [1.82, 2.24) is 14.9 Å². The average molecular weight is 509 g/mol. The Morgan fingerprint density at radius 2 is 1.86 bits per heavy atom. The first-order valence-corrected chi connectivity index (χ1v) is 12.6. The lowest BCUT2D eigenvalue weighted by atomic mass is 10.1. The van der Waals surface area contributed by atoms with Crippen molar-refractivity contribution in [1.29, 1.82) is 0 Å². The highest BCUT2D eigenvalue weighted by molar-refractivity contribution is 6.33. The van der Waals surface area contributed by atoms with Crippen LogP contribution in [0.2, 0.25) is 5.02 Å². The summed E-state index contributed by atoms with van der Waals surface area (Å²) in [6.45, 7) is 4.34. The standard InChI is InChI=1S/C28H33ClN4O3/c1-6-22-26(20-13-12-18(35-5)15-21(20)29)30-23(7-2)28(31-22)32-27-19-11-9-8-10-17(19)14-24(27)36-25(34)16-33(3)4/h8-13,15,24,27H,6-7,14,16H2,1-5H3,(H,31,32)/t24-,27+/m0/s1. The lowest BCUT2D eigenvalue weighted by molar-refractivity contribution is -0.150. The first-order valence-electron chi connectivity index (χ1n) is 12.3. The van der Waals surface area contributed by atoms with Gasteiger partial charge in [-0.1, -0.05) is 49.7 Å². The lowest BCUT2D eigenvalue weighted by Gasteiger charge is -2.25. The van der Waals surface area contributed by atoms with Crippen LogP contribution in [-0.2, 0) is 28.8 Å². The monoisotopic (exact) mass is 508 g/mol. The number of hydrogen-bond donors (Lipinski definition) is 1. The lowest BCUT2D eigenvalue weighted by Crippen LogP contribution is -2.32. The maximum atomic E-state index is 12.5. The molecule has 1 aliphatic carbocycles. The van der Waals surface area contributed by atoms with Crippen LogP contribution in [0.1, 0.15) is 42.4 Å². The van der Waals surface area contributed by atoms with Crippen LogP contribution in [0, 0.1) is 0 Å². The van der Waals surface area contributed by atoms with Crippen molar-refractivity contribution in [2.45, 2.75) is 45.3 Å². The first kappa shape index (κ1) is 25.9. The Hall–Kier alpha value is -3.16. The van der Waals surface area contributed by atoms with Gasteiger partial charge in [-0.3, -0.25) is 9.69 Å². The molecule has 4 rings (SSSR count). The highest BCUT2D eigenvalue weighted by Gasteiger charge is 2.36. The normalized spacial score (nSPS) is 16.6. The molecule has 2 atom stereocenters. The number of carbonyl (C=O) groups excluding carboxylic acids is 1. The number of nitrogens with one attached hydrogen (secondary N) is 1. The predicted molar refractivity (Wildman–Crippen MR) is 143 cm³/mol. The molecule has 36 heavy (non-hydrogen) atoms. The molecule has 8 heteroatoms. The molecule has 190 valence electrons. The Morgan fingerprint density at radius 1 is 1.11 bits per heavy atom. The molecule has 0 amide bonds. The van der Waals surface area contributed by atoms with E-state index in [4.69, 9.17) is 31.0 Å². The summed E-state index contributed by atoms with van der Waals surface area (Å²) in [7, 11) is 5.32. The molecular formula is C28H33ClN4O3. The van der Waals surface area contributed by atoms with E-state index in [0.29, 0.717) is 35.9 Å². The molecule has 0 spiro atoms. The number of nitrogens with zero attached hydrogens (tertiary/aromatic N) is 3. The summed E-state index contributed by atoms with van der Waals surface area (Å²) in [6.07, 6.45) is 1.69. The van der Waals surface area contributed by atoms with Crippen molar-refractivity contribution in [2.75, 3.05) is 33.1 Å². The van der Waals surface area contributed by atoms with E-state index < -0.39 is 0 Å². The maximum absolute atomic E-state index is 12.5. The molecule has 0 fully saturated rings. The molecule has 1 aliphatic rings. The second-order valence-electron chi connectivity index (χ2n) is 9.16. The van der Waals surface area contributed by atoms with Crippen molar-refractivity contribution in [3.63, 3.8) is 0 Å². The van der Waals surface area contributed by atoms with Crippen LogP contribution in [0.5, 0.6) is 5.75 Å². The second kappa shape index (κ2) is 11.3. The number of aryl methyl sites for hydroxylation is 2. The van der Waals surface area contributed by atoms with Gasteiger partial charge in [0.15, 0.2) is 0 Å². The van der Waals surface area contributed by atoms with Gasteiger partial charge in [0.25, 0.3) is 0 Å². The molecule has 0 bridgehead atoms. The number of aromatic nitrogens is 2. The largest absolute Gasteiger partial charge is 0.497 e. The van der Waals surface area contributed by atoms with E-state index in [2.05, 4.69) is 31.3 Å². The Labute approximate surface area is 217 Å². The van der Waals surface area contributed by atoms with E-state index in [1.807, 2.05) is 43.3 Å². The van der Waals surface area contributed by atoms with Crippen molar-refractivity contribution in [2.24, 2.45) is 0 Å². The second-order valence-corrected chi connectivity index (χ2v) is 9.57. The van der Waals surface area contributed by atoms with Gasteiger partial charge in [-0.2, -0.15) is 0 Å². The molecule has 0 saturated carbocycles. The Bertz CT molecular complexity index is 1250. The number of likely N-dealkylation sites (N-methyl/N-ethyl adjacent to an activating group) is 1. The highest BCUT2D eigenvalue weighted by atomic mass is 35.5. The molecule has 7 nitrogen and oxygen atoms in total. The third-order valence-corrected chi connectivity index (χ3v) is 6.66. The van der Waals surface area contributed by atoms with E-state index in [1.54, 1.807) is 13.2 Å². The van der Waals surface area contributed by atoms with Gasteiger partial charge in [-0.15, -0.1) is 0 Å². The third-order valence-electron chi connectivity index (χ3n) is 6.34. The number of halogens is 1. The van der Waals surface area contributed by atoms with Gasteiger partial charge in [0, 0.05) is 12.0 Å². The summed E-state index contributed by atoms with van der Waals surface area (Å²) >= 11 is 6.59. The van der Waals surface area contributed by atoms with E-state index in [0.717, 1.165) is 28.2 Å². The smallest absolute Gasteiger partial charge is 0.320 e. The van der Waals surface area contributed by atoms with Gasteiger partial charge in [0.05, 0.1) is 41.8 Å². The van der Waals surface area contributed by atoms with Gasteiger partial charge in [-0.25, -0.2) is 9.97 Å². The van der Waals surface area contributed by atoms with Gasteiger partial charge in [-0.05, 0) is 56.3 Å². The number of benzene rings is 2. The maximum Gasteiger partial charge on any atom is 0.320 e. The molecule has 2 aromatic carbocycles. The molecule has 0 aliphatic heterocycles. The number of hydrogen-bond acceptors (Lipinski definition) is 7. The Kier molecular flexibility index (Phi) is 8.11. The number of fused-ring (bicyclic) bond motifs is 1. The van der Waals surface area contributed by atoms with Gasteiger partial charge < -0.3 is 14.8 Å². The van der Waals surface area contributed by atoms with E-state index >= 15 is 0 Å². The summed E-state index contributed by atoms with van der Waals surface area (Å²) < 4.78 is 11.2. The summed E-state index contributed by atoms with van der Waals surface area (Å²) in [5.74, 6) is 1.15. The van der Waals surface area contributed by atoms with E-state index in [-0.39, 0.29) is 24.7 Å². The van der Waals surface area contributed by atoms with Crippen molar-refractivity contribution in [3.05, 3.63) is 70.0 Å². The number of ether oxygens (including phenoxy) is 2. The summed E-state index contributed by atoms with van der Waals surface area (Å²) in [4.78, 5) is 24.3. The minimum absolute atomic E-state index is 0.216. The van der Waals surface area contributed by atoms with Crippen molar-refractivity contribution in [3.8, 4) is 17.0 Å². The highest BCUT2D eigenvalue weighted by Crippen LogP contribution is 2.38. The topological polar surface area (TPSA) is 76.6 Å². The number of esters is 1. The van der Waals surface area contributed by atoms with Crippen LogP contribution in [0.3, 0.4) is 0 Å². The molecular weight excluding hydrogens is 476 g/mol. The van der Waals surface area contributed by atoms with Crippen LogP contribution in [0.15, 0.2) is 42.5 Å². The number of anilines is 1. The molecule has 0 radical (unpaired) electrons. The minimum atomic E-state index is -0.331. The third kappa shape index (κ3) is 5.47. The number of carbonyl (C=O) groups is 1.